The van der Waals surface area contributed by atoms with Crippen molar-refractivity contribution in [2.75, 3.05) is 0 Å². The molecule has 0 radical (unpaired) electrons. The predicted molar refractivity (Wildman–Crippen MR) is 228 cm³/mol. The molecule has 0 fully saturated rings. The van der Waals surface area contributed by atoms with Crippen LogP contribution in [-0.4, -0.2) is 9.13 Å². The van der Waals surface area contributed by atoms with E-state index in [0.717, 1.165) is 0 Å². The first-order chi connectivity index (χ1) is 26.3. The molecule has 0 saturated heterocycles. The minimum Gasteiger partial charge on any atom is -0.309 e. The van der Waals surface area contributed by atoms with E-state index < -0.39 is 0 Å². The number of nitrogens with zero attached hydrogens (tertiary/aromatic N) is 2. The highest BCUT2D eigenvalue weighted by Gasteiger charge is 2.20. The van der Waals surface area contributed by atoms with Gasteiger partial charge in [0.1, 0.15) is 0 Å². The van der Waals surface area contributed by atoms with Crippen molar-refractivity contribution >= 4 is 96.7 Å². The maximum absolute atomic E-state index is 2.52. The van der Waals surface area contributed by atoms with Gasteiger partial charge < -0.3 is 9.13 Å². The lowest BCUT2D eigenvalue weighted by Crippen LogP contribution is -1.95. The van der Waals surface area contributed by atoms with E-state index in [1.54, 1.807) is 0 Å². The van der Waals surface area contributed by atoms with Gasteiger partial charge in [-0.2, -0.15) is 0 Å². The van der Waals surface area contributed by atoms with Crippen molar-refractivity contribution in [2.45, 2.75) is 0 Å². The summed E-state index contributed by atoms with van der Waals surface area (Å²) < 4.78 is 7.60. The first-order valence-electron chi connectivity index (χ1n) is 18.2. The standard InChI is InChI=1S/C50H30N2S/c1-3-14-35-31(11-1)13-9-20-43(35)51-44-19-7-5-16-37(44)41-29-33(24-27-45(41)51)34-25-28-46-42(30-34)39-26-23-32-12-2-4-15-36(32)49(39)52(46)47-21-10-18-40-38-17-6-8-22-48(38)53-50(40)47/h1-30H. The average molecular weight is 691 g/mol. The minimum absolute atomic E-state index is 1.21. The van der Waals surface area contributed by atoms with Gasteiger partial charge in [-0.05, 0) is 70.4 Å². The minimum atomic E-state index is 1.21. The lowest BCUT2D eigenvalue weighted by atomic mass is 10.00. The largest absolute Gasteiger partial charge is 0.309 e. The molecule has 246 valence electrons. The zero-order valence-corrected chi connectivity index (χ0v) is 29.4. The fourth-order valence-corrected chi connectivity index (χ4v) is 10.1. The van der Waals surface area contributed by atoms with Crippen LogP contribution in [0.1, 0.15) is 0 Å². The number of hydrogen-bond acceptors (Lipinski definition) is 1. The summed E-state index contributed by atoms with van der Waals surface area (Å²) in [6.07, 6.45) is 0. The third kappa shape index (κ3) is 4.08. The van der Waals surface area contributed by atoms with Crippen molar-refractivity contribution in [1.29, 1.82) is 0 Å². The monoisotopic (exact) mass is 690 g/mol. The Morgan fingerprint density at radius 1 is 0.321 bits per heavy atom. The van der Waals surface area contributed by atoms with Crippen LogP contribution >= 0.6 is 11.3 Å². The van der Waals surface area contributed by atoms with Crippen molar-refractivity contribution in [3.63, 3.8) is 0 Å². The smallest absolute Gasteiger partial charge is 0.0641 e. The van der Waals surface area contributed by atoms with Crippen molar-refractivity contribution in [2.24, 2.45) is 0 Å². The number of aromatic nitrogens is 2. The van der Waals surface area contributed by atoms with E-state index in [1.807, 2.05) is 11.3 Å². The van der Waals surface area contributed by atoms with E-state index in [1.165, 1.54) is 108 Å². The molecule has 12 aromatic rings. The Bertz CT molecular complexity index is 3460. The topological polar surface area (TPSA) is 9.86 Å². The number of hydrogen-bond donors (Lipinski definition) is 0. The van der Waals surface area contributed by atoms with Gasteiger partial charge in [0.15, 0.2) is 0 Å². The summed E-state index contributed by atoms with van der Waals surface area (Å²) in [5.74, 6) is 0. The molecule has 3 heterocycles. The molecular weight excluding hydrogens is 661 g/mol. The number of para-hydroxylation sites is 1. The van der Waals surface area contributed by atoms with Crippen LogP contribution in [0, 0.1) is 0 Å². The van der Waals surface area contributed by atoms with E-state index >= 15 is 0 Å². The SMILES string of the molecule is c1ccc2c(-n3c4ccccc4c4cc(-c5ccc6c(c5)c5ccc7ccccc7c5n6-c5cccc6c5sc5ccccc56)ccc43)cccc2c1. The summed E-state index contributed by atoms with van der Waals surface area (Å²) in [6.45, 7) is 0. The molecule has 3 aromatic heterocycles. The van der Waals surface area contributed by atoms with Gasteiger partial charge in [-0.1, -0.05) is 133 Å². The lowest BCUT2D eigenvalue weighted by molar-refractivity contribution is 1.20. The molecule has 2 nitrogen and oxygen atoms in total. The molecule has 0 amide bonds. The Hall–Kier alpha value is -6.68. The van der Waals surface area contributed by atoms with E-state index in [4.69, 9.17) is 0 Å². The van der Waals surface area contributed by atoms with Gasteiger partial charge in [0.25, 0.3) is 0 Å². The van der Waals surface area contributed by atoms with Crippen LogP contribution in [-0.2, 0) is 0 Å². The molecule has 0 unspecified atom stereocenters. The molecule has 0 aliphatic heterocycles. The molecule has 0 aliphatic rings. The maximum atomic E-state index is 2.52. The highest BCUT2D eigenvalue weighted by molar-refractivity contribution is 7.26. The van der Waals surface area contributed by atoms with Crippen LogP contribution in [0.25, 0.3) is 108 Å². The number of thiophene rings is 1. The molecule has 53 heavy (non-hydrogen) atoms. The molecule has 12 rings (SSSR count). The van der Waals surface area contributed by atoms with E-state index in [-0.39, 0.29) is 0 Å². The molecule has 0 aliphatic carbocycles. The maximum Gasteiger partial charge on any atom is 0.0641 e. The van der Waals surface area contributed by atoms with Crippen LogP contribution in [0.4, 0.5) is 0 Å². The molecule has 0 spiro atoms. The summed E-state index contributed by atoms with van der Waals surface area (Å²) in [7, 11) is 0. The highest BCUT2D eigenvalue weighted by atomic mass is 32.1. The van der Waals surface area contributed by atoms with E-state index in [2.05, 4.69) is 191 Å². The first kappa shape index (κ1) is 29.0. The molecule has 0 saturated carbocycles. The molecule has 0 N–H and O–H groups in total. The number of rotatable bonds is 3. The second-order valence-electron chi connectivity index (χ2n) is 14.1. The Morgan fingerprint density at radius 2 is 0.887 bits per heavy atom. The summed E-state index contributed by atoms with van der Waals surface area (Å²) in [6, 6.07) is 67.2. The quantitative estimate of drug-likeness (QED) is 0.175. The van der Waals surface area contributed by atoms with Crippen molar-refractivity contribution in [1.82, 2.24) is 9.13 Å². The van der Waals surface area contributed by atoms with Gasteiger partial charge >= 0.3 is 0 Å². The van der Waals surface area contributed by atoms with Crippen LogP contribution in [0.5, 0.6) is 0 Å². The van der Waals surface area contributed by atoms with Gasteiger partial charge in [0, 0.05) is 47.8 Å². The Labute approximate surface area is 309 Å². The molecule has 3 heteroatoms. The normalized spacial score (nSPS) is 12.2. The lowest BCUT2D eigenvalue weighted by Gasteiger charge is -2.12. The van der Waals surface area contributed by atoms with Crippen LogP contribution in [0.2, 0.25) is 0 Å². The summed E-state index contributed by atoms with van der Waals surface area (Å²) in [5.41, 5.74) is 9.78. The van der Waals surface area contributed by atoms with E-state index in [0.29, 0.717) is 0 Å². The van der Waals surface area contributed by atoms with Crippen LogP contribution < -0.4 is 0 Å². The summed E-state index contributed by atoms with van der Waals surface area (Å²) >= 11 is 1.89. The van der Waals surface area contributed by atoms with Gasteiger partial charge in [-0.15, -0.1) is 11.3 Å². The summed E-state index contributed by atoms with van der Waals surface area (Å²) in [4.78, 5) is 0. The van der Waals surface area contributed by atoms with Crippen molar-refractivity contribution < 1.29 is 0 Å². The Morgan fingerprint density at radius 3 is 1.72 bits per heavy atom. The second-order valence-corrected chi connectivity index (χ2v) is 15.1. The second kappa shape index (κ2) is 10.9. The first-order valence-corrected chi connectivity index (χ1v) is 19.0. The Balaban J connectivity index is 1.11. The van der Waals surface area contributed by atoms with Gasteiger partial charge in [-0.3, -0.25) is 0 Å². The van der Waals surface area contributed by atoms with Crippen LogP contribution in [0.15, 0.2) is 182 Å². The molecule has 9 aromatic carbocycles. The Kier molecular flexibility index (Phi) is 5.96. The zero-order chi connectivity index (χ0) is 34.6. The van der Waals surface area contributed by atoms with Crippen molar-refractivity contribution in [3.8, 4) is 22.5 Å². The number of fused-ring (bicyclic) bond motifs is 12. The fourth-order valence-electron chi connectivity index (χ4n) is 8.93. The van der Waals surface area contributed by atoms with Gasteiger partial charge in [0.05, 0.1) is 38.1 Å². The third-order valence-corrected chi connectivity index (χ3v) is 12.5. The van der Waals surface area contributed by atoms with Gasteiger partial charge in [0.2, 0.25) is 0 Å². The van der Waals surface area contributed by atoms with Crippen molar-refractivity contribution in [3.05, 3.63) is 182 Å². The van der Waals surface area contributed by atoms with E-state index in [9.17, 15) is 0 Å². The molecular formula is C50H30N2S. The molecule has 0 atom stereocenters. The molecule has 0 bridgehead atoms. The van der Waals surface area contributed by atoms with Gasteiger partial charge in [-0.25, -0.2) is 0 Å². The predicted octanol–water partition coefficient (Wildman–Crippen LogP) is 14.2. The summed E-state index contributed by atoms with van der Waals surface area (Å²) in [5, 5.41) is 12.7. The van der Waals surface area contributed by atoms with Crippen LogP contribution in [0.3, 0.4) is 0 Å². The third-order valence-electron chi connectivity index (χ3n) is 11.3. The average Bonchev–Trinajstić information content (AvgIpc) is 3.88. The number of benzene rings is 9. The highest BCUT2D eigenvalue weighted by Crippen LogP contribution is 2.44. The fraction of sp³-hybridized carbons (Fsp3) is 0. The zero-order valence-electron chi connectivity index (χ0n) is 28.6.